The maximum Gasteiger partial charge on any atom is 0.128 e. The van der Waals surface area contributed by atoms with Crippen molar-refractivity contribution >= 4 is 0 Å². The molecule has 0 amide bonds. The van der Waals surface area contributed by atoms with Gasteiger partial charge in [0.15, 0.2) is 0 Å². The first-order valence-electron chi connectivity index (χ1n) is 6.65. The van der Waals surface area contributed by atoms with E-state index in [1.54, 1.807) is 0 Å². The summed E-state index contributed by atoms with van der Waals surface area (Å²) in [4.78, 5) is 0. The van der Waals surface area contributed by atoms with Crippen LogP contribution < -0.4 is 5.32 Å². The molecule has 0 saturated heterocycles. The van der Waals surface area contributed by atoms with E-state index in [2.05, 4.69) is 33.0 Å². The van der Waals surface area contributed by atoms with Crippen LogP contribution in [0.15, 0.2) is 18.2 Å². The molecule has 18 heavy (non-hydrogen) atoms. The van der Waals surface area contributed by atoms with E-state index in [1.165, 1.54) is 12.1 Å². The van der Waals surface area contributed by atoms with Crippen molar-refractivity contribution in [3.05, 3.63) is 35.4 Å². The van der Waals surface area contributed by atoms with Crippen LogP contribution in [0.1, 0.15) is 45.7 Å². The molecule has 1 N–H and O–H groups in total. The fraction of sp³-hybridized carbons (Fsp3) is 0.600. The van der Waals surface area contributed by atoms with Crippen LogP contribution in [0.25, 0.3) is 0 Å². The molecule has 0 saturated carbocycles. The van der Waals surface area contributed by atoms with Crippen LogP contribution in [-0.4, -0.2) is 6.54 Å². The van der Waals surface area contributed by atoms with E-state index in [-0.39, 0.29) is 23.6 Å². The Labute approximate surface area is 109 Å². The minimum Gasteiger partial charge on any atom is -0.310 e. The highest BCUT2D eigenvalue weighted by Gasteiger charge is 2.24. The van der Waals surface area contributed by atoms with Crippen LogP contribution in [-0.2, 0) is 0 Å². The molecule has 1 rings (SSSR count). The number of hydrogen-bond acceptors (Lipinski definition) is 1. The molecule has 0 heterocycles. The van der Waals surface area contributed by atoms with Crippen LogP contribution in [0.5, 0.6) is 0 Å². The zero-order chi connectivity index (χ0) is 13.7. The summed E-state index contributed by atoms with van der Waals surface area (Å²) in [6, 6.07) is 3.54. The molecule has 0 aliphatic heterocycles. The Hall–Kier alpha value is -0.960. The van der Waals surface area contributed by atoms with Crippen molar-refractivity contribution in [2.45, 2.75) is 40.2 Å². The summed E-state index contributed by atoms with van der Waals surface area (Å²) >= 11 is 0. The van der Waals surface area contributed by atoms with Crippen molar-refractivity contribution in [3.63, 3.8) is 0 Å². The smallest absolute Gasteiger partial charge is 0.128 e. The van der Waals surface area contributed by atoms with E-state index >= 15 is 0 Å². The highest BCUT2D eigenvalue weighted by atomic mass is 19.1. The van der Waals surface area contributed by atoms with Crippen LogP contribution in [0.2, 0.25) is 0 Å². The van der Waals surface area contributed by atoms with Gasteiger partial charge in [-0.25, -0.2) is 8.78 Å². The summed E-state index contributed by atoms with van der Waals surface area (Å²) < 4.78 is 27.2. The minimum absolute atomic E-state index is 0.138. The monoisotopic (exact) mass is 255 g/mol. The van der Waals surface area contributed by atoms with Gasteiger partial charge in [-0.15, -0.1) is 0 Å². The van der Waals surface area contributed by atoms with Crippen LogP contribution >= 0.6 is 0 Å². The second-order valence-corrected chi connectivity index (χ2v) is 5.20. The average Bonchev–Trinajstić information content (AvgIpc) is 2.33. The number of nitrogens with one attached hydrogen (secondary N) is 1. The van der Waals surface area contributed by atoms with E-state index in [0.29, 0.717) is 11.5 Å². The third-order valence-corrected chi connectivity index (χ3v) is 3.48. The fourth-order valence-electron chi connectivity index (χ4n) is 2.02. The van der Waals surface area contributed by atoms with Crippen molar-refractivity contribution in [3.8, 4) is 0 Å². The first kappa shape index (κ1) is 15.1. The molecule has 0 aliphatic rings. The van der Waals surface area contributed by atoms with Gasteiger partial charge >= 0.3 is 0 Å². The highest BCUT2D eigenvalue weighted by molar-refractivity contribution is 5.23. The lowest BCUT2D eigenvalue weighted by Gasteiger charge is -2.28. The summed E-state index contributed by atoms with van der Waals surface area (Å²) in [5.74, 6) is -0.0713. The van der Waals surface area contributed by atoms with Crippen LogP contribution in [0, 0.1) is 23.5 Å². The Morgan fingerprint density at radius 3 is 2.39 bits per heavy atom. The summed E-state index contributed by atoms with van der Waals surface area (Å²) in [6.45, 7) is 9.14. The van der Waals surface area contributed by atoms with Gasteiger partial charge in [-0.3, -0.25) is 0 Å². The largest absolute Gasteiger partial charge is 0.310 e. The van der Waals surface area contributed by atoms with Gasteiger partial charge in [0.2, 0.25) is 0 Å². The third kappa shape index (κ3) is 3.77. The molecule has 2 unspecified atom stereocenters. The van der Waals surface area contributed by atoms with Crippen molar-refractivity contribution < 1.29 is 8.78 Å². The van der Waals surface area contributed by atoms with Gasteiger partial charge in [0.25, 0.3) is 0 Å². The molecule has 0 aromatic heterocycles. The van der Waals surface area contributed by atoms with Gasteiger partial charge in [0.05, 0.1) is 0 Å². The maximum atomic E-state index is 13.9. The van der Waals surface area contributed by atoms with E-state index in [0.717, 1.165) is 19.0 Å². The topological polar surface area (TPSA) is 12.0 Å². The van der Waals surface area contributed by atoms with Gasteiger partial charge < -0.3 is 5.32 Å². The third-order valence-electron chi connectivity index (χ3n) is 3.48. The Kier molecular flexibility index (Phi) is 5.73. The Balaban J connectivity index is 3.04. The second kappa shape index (κ2) is 6.83. The molecule has 0 bridgehead atoms. The van der Waals surface area contributed by atoms with Gasteiger partial charge in [-0.1, -0.05) is 27.7 Å². The summed E-state index contributed by atoms with van der Waals surface area (Å²) in [5.41, 5.74) is 0.435. The molecule has 0 aliphatic carbocycles. The molecule has 2 atom stereocenters. The molecule has 1 nitrogen and oxygen atoms in total. The van der Waals surface area contributed by atoms with E-state index in [1.807, 2.05) is 0 Å². The molecule has 1 aromatic rings. The van der Waals surface area contributed by atoms with Crippen molar-refractivity contribution in [2.24, 2.45) is 11.8 Å². The molecule has 0 radical (unpaired) electrons. The number of halogens is 2. The highest BCUT2D eigenvalue weighted by Crippen LogP contribution is 2.29. The van der Waals surface area contributed by atoms with Gasteiger partial charge in [0, 0.05) is 11.6 Å². The Morgan fingerprint density at radius 2 is 1.83 bits per heavy atom. The van der Waals surface area contributed by atoms with E-state index in [9.17, 15) is 8.78 Å². The summed E-state index contributed by atoms with van der Waals surface area (Å²) in [7, 11) is 0. The van der Waals surface area contributed by atoms with Crippen LogP contribution in [0.3, 0.4) is 0 Å². The number of hydrogen-bond donors (Lipinski definition) is 1. The molecule has 1 aromatic carbocycles. The number of benzene rings is 1. The Bertz CT molecular complexity index is 377. The molecule has 3 heteroatoms. The van der Waals surface area contributed by atoms with Crippen molar-refractivity contribution in [1.82, 2.24) is 5.32 Å². The molecular formula is C15H23F2N. The lowest BCUT2D eigenvalue weighted by molar-refractivity contribution is 0.296. The SMILES string of the molecule is CCCNC(c1cc(F)ccc1F)C(C)C(C)C. The molecule has 102 valence electrons. The second-order valence-electron chi connectivity index (χ2n) is 5.20. The molecule has 0 fully saturated rings. The lowest BCUT2D eigenvalue weighted by Crippen LogP contribution is -2.31. The normalized spacial score (nSPS) is 14.8. The van der Waals surface area contributed by atoms with E-state index in [4.69, 9.17) is 0 Å². The zero-order valence-corrected chi connectivity index (χ0v) is 11.6. The zero-order valence-electron chi connectivity index (χ0n) is 11.6. The van der Waals surface area contributed by atoms with Gasteiger partial charge in [-0.2, -0.15) is 0 Å². The predicted molar refractivity (Wildman–Crippen MR) is 71.4 cm³/mol. The van der Waals surface area contributed by atoms with Crippen LogP contribution in [0.4, 0.5) is 8.78 Å². The quantitative estimate of drug-likeness (QED) is 0.799. The van der Waals surface area contributed by atoms with Crippen molar-refractivity contribution in [1.29, 1.82) is 0 Å². The summed E-state index contributed by atoms with van der Waals surface area (Å²) in [6.07, 6.45) is 0.970. The average molecular weight is 255 g/mol. The Morgan fingerprint density at radius 1 is 1.17 bits per heavy atom. The fourth-order valence-corrected chi connectivity index (χ4v) is 2.02. The summed E-state index contributed by atoms with van der Waals surface area (Å²) in [5, 5.41) is 3.33. The maximum absolute atomic E-state index is 13.9. The minimum atomic E-state index is -0.384. The standard InChI is InChI=1S/C15H23F2N/c1-5-8-18-15(11(4)10(2)3)13-9-12(16)6-7-14(13)17/h6-7,9-11,15,18H,5,8H2,1-4H3. The first-order chi connectivity index (χ1) is 8.47. The van der Waals surface area contributed by atoms with E-state index < -0.39 is 0 Å². The molecular weight excluding hydrogens is 232 g/mol. The van der Waals surface area contributed by atoms with Gasteiger partial charge in [0.1, 0.15) is 11.6 Å². The van der Waals surface area contributed by atoms with Gasteiger partial charge in [-0.05, 0) is 43.0 Å². The number of rotatable bonds is 6. The predicted octanol–water partition coefficient (Wildman–Crippen LogP) is 4.30. The van der Waals surface area contributed by atoms with Crippen molar-refractivity contribution in [2.75, 3.05) is 6.54 Å². The first-order valence-corrected chi connectivity index (χ1v) is 6.65. The molecule has 0 spiro atoms. The lowest BCUT2D eigenvalue weighted by atomic mass is 9.85.